The Bertz CT molecular complexity index is 187. The van der Waals surface area contributed by atoms with E-state index in [9.17, 15) is 0 Å². The summed E-state index contributed by atoms with van der Waals surface area (Å²) < 4.78 is 0. The number of rotatable bonds is 2. The summed E-state index contributed by atoms with van der Waals surface area (Å²) in [5, 5.41) is 12.2. The van der Waals surface area contributed by atoms with Crippen molar-refractivity contribution in [3.8, 4) is 6.07 Å². The van der Waals surface area contributed by atoms with Crippen LogP contribution in [-0.2, 0) is 0 Å². The van der Waals surface area contributed by atoms with E-state index < -0.39 is 0 Å². The molecule has 1 aliphatic heterocycles. The first-order valence-corrected chi connectivity index (χ1v) is 5.00. The van der Waals surface area contributed by atoms with Gasteiger partial charge in [0.15, 0.2) is 0 Å². The first-order chi connectivity index (χ1) is 6.11. The second kappa shape index (κ2) is 4.59. The molecule has 0 spiro atoms. The lowest BCUT2D eigenvalue weighted by Gasteiger charge is -2.36. The van der Waals surface area contributed by atoms with Crippen LogP contribution in [0.4, 0.5) is 0 Å². The number of nitrogens with zero attached hydrogens (tertiary/aromatic N) is 2. The minimum Gasteiger partial charge on any atom is -0.309 e. The van der Waals surface area contributed by atoms with Crippen molar-refractivity contribution < 1.29 is 0 Å². The predicted molar refractivity (Wildman–Crippen MR) is 53.3 cm³/mol. The lowest BCUT2D eigenvalue weighted by molar-refractivity contribution is 0.164. The van der Waals surface area contributed by atoms with Crippen molar-refractivity contribution in [2.75, 3.05) is 19.6 Å². The van der Waals surface area contributed by atoms with Crippen LogP contribution >= 0.6 is 0 Å². The maximum absolute atomic E-state index is 8.70. The average molecular weight is 181 g/mol. The molecular weight excluding hydrogens is 162 g/mol. The van der Waals surface area contributed by atoms with E-state index >= 15 is 0 Å². The van der Waals surface area contributed by atoms with Gasteiger partial charge in [0, 0.05) is 31.7 Å². The third-order valence-corrected chi connectivity index (χ3v) is 2.39. The molecule has 1 rings (SSSR count). The fourth-order valence-corrected chi connectivity index (χ4v) is 2.02. The van der Waals surface area contributed by atoms with Crippen LogP contribution in [-0.4, -0.2) is 36.6 Å². The van der Waals surface area contributed by atoms with Gasteiger partial charge in [-0.2, -0.15) is 5.26 Å². The molecule has 0 radical (unpaired) electrons. The van der Waals surface area contributed by atoms with Crippen molar-refractivity contribution in [3.05, 3.63) is 0 Å². The maximum Gasteiger partial charge on any atom is 0.0666 e. The van der Waals surface area contributed by atoms with Crippen molar-refractivity contribution in [1.82, 2.24) is 10.2 Å². The van der Waals surface area contributed by atoms with Crippen molar-refractivity contribution in [1.29, 1.82) is 5.26 Å². The summed E-state index contributed by atoms with van der Waals surface area (Å²) in [5.41, 5.74) is 0. The van der Waals surface area contributed by atoms with E-state index in [0.29, 0.717) is 12.1 Å². The Hall–Kier alpha value is -0.590. The van der Waals surface area contributed by atoms with Crippen LogP contribution in [0.3, 0.4) is 0 Å². The van der Waals surface area contributed by atoms with E-state index in [4.69, 9.17) is 5.26 Å². The van der Waals surface area contributed by atoms with Crippen LogP contribution < -0.4 is 5.32 Å². The molecule has 1 fully saturated rings. The first-order valence-electron chi connectivity index (χ1n) is 5.00. The summed E-state index contributed by atoms with van der Waals surface area (Å²) >= 11 is 0. The molecule has 3 nitrogen and oxygen atoms in total. The third kappa shape index (κ3) is 3.33. The van der Waals surface area contributed by atoms with Gasteiger partial charge in [-0.15, -0.1) is 0 Å². The van der Waals surface area contributed by atoms with Crippen molar-refractivity contribution in [2.24, 2.45) is 5.92 Å². The van der Waals surface area contributed by atoms with Crippen molar-refractivity contribution in [3.63, 3.8) is 0 Å². The minimum absolute atomic E-state index is 0.150. The van der Waals surface area contributed by atoms with Gasteiger partial charge < -0.3 is 5.32 Å². The Balaban J connectivity index is 2.38. The zero-order valence-electron chi connectivity index (χ0n) is 8.75. The molecule has 0 saturated carbocycles. The van der Waals surface area contributed by atoms with E-state index in [1.165, 1.54) is 0 Å². The first kappa shape index (κ1) is 10.5. The summed E-state index contributed by atoms with van der Waals surface area (Å²) in [7, 11) is 0. The van der Waals surface area contributed by atoms with Gasteiger partial charge in [-0.05, 0) is 20.8 Å². The number of nitriles is 1. The standard InChI is InChI=1S/C10H19N3/c1-8(4-11)5-13-6-9(2)12-10(3)7-13/h8-10,12H,5-7H2,1-3H3. The lowest BCUT2D eigenvalue weighted by atomic mass is 10.1. The summed E-state index contributed by atoms with van der Waals surface area (Å²) in [4.78, 5) is 2.37. The highest BCUT2D eigenvalue weighted by Gasteiger charge is 2.21. The second-order valence-corrected chi connectivity index (χ2v) is 4.22. The maximum atomic E-state index is 8.70. The molecule has 1 N–H and O–H groups in total. The second-order valence-electron chi connectivity index (χ2n) is 4.22. The normalized spacial score (nSPS) is 32.5. The molecule has 13 heavy (non-hydrogen) atoms. The Labute approximate surface area is 80.7 Å². The number of hydrogen-bond donors (Lipinski definition) is 1. The van der Waals surface area contributed by atoms with Gasteiger partial charge in [-0.1, -0.05) is 0 Å². The molecule has 0 aromatic carbocycles. The SMILES string of the molecule is CC(C#N)CN1CC(C)NC(C)C1. The Morgan fingerprint density at radius 1 is 1.46 bits per heavy atom. The van der Waals surface area contributed by atoms with Gasteiger partial charge >= 0.3 is 0 Å². The van der Waals surface area contributed by atoms with Gasteiger partial charge in [0.2, 0.25) is 0 Å². The van der Waals surface area contributed by atoms with Gasteiger partial charge in [0.05, 0.1) is 12.0 Å². The molecule has 3 unspecified atom stereocenters. The van der Waals surface area contributed by atoms with Crippen LogP contribution in [0, 0.1) is 17.2 Å². The van der Waals surface area contributed by atoms with E-state index in [0.717, 1.165) is 19.6 Å². The average Bonchev–Trinajstić information content (AvgIpc) is 2.02. The summed E-state index contributed by atoms with van der Waals surface area (Å²) in [6.07, 6.45) is 0. The molecule has 1 heterocycles. The number of nitrogens with one attached hydrogen (secondary N) is 1. The summed E-state index contributed by atoms with van der Waals surface area (Å²) in [6.45, 7) is 9.41. The Morgan fingerprint density at radius 3 is 2.46 bits per heavy atom. The van der Waals surface area contributed by atoms with Crippen LogP contribution in [0.2, 0.25) is 0 Å². The molecule has 0 aromatic rings. The third-order valence-electron chi connectivity index (χ3n) is 2.39. The topological polar surface area (TPSA) is 39.1 Å². The smallest absolute Gasteiger partial charge is 0.0666 e. The molecule has 1 saturated heterocycles. The van der Waals surface area contributed by atoms with Crippen LogP contribution in [0.15, 0.2) is 0 Å². The van der Waals surface area contributed by atoms with Crippen LogP contribution in [0.5, 0.6) is 0 Å². The zero-order chi connectivity index (χ0) is 9.84. The molecule has 0 aliphatic carbocycles. The monoisotopic (exact) mass is 181 g/mol. The molecule has 74 valence electrons. The Kier molecular flexibility index (Phi) is 3.71. The zero-order valence-corrected chi connectivity index (χ0v) is 8.75. The van der Waals surface area contributed by atoms with E-state index in [2.05, 4.69) is 30.1 Å². The highest BCUT2D eigenvalue weighted by atomic mass is 15.2. The molecule has 3 heteroatoms. The van der Waals surface area contributed by atoms with Crippen LogP contribution in [0.25, 0.3) is 0 Å². The van der Waals surface area contributed by atoms with E-state index in [1.807, 2.05) is 6.92 Å². The molecule has 0 bridgehead atoms. The minimum atomic E-state index is 0.150. The lowest BCUT2D eigenvalue weighted by Crippen LogP contribution is -2.54. The quantitative estimate of drug-likeness (QED) is 0.686. The van der Waals surface area contributed by atoms with Crippen molar-refractivity contribution in [2.45, 2.75) is 32.9 Å². The van der Waals surface area contributed by atoms with E-state index in [1.54, 1.807) is 0 Å². The molecule has 1 aliphatic rings. The Morgan fingerprint density at radius 2 is 2.00 bits per heavy atom. The molecule has 3 atom stereocenters. The number of hydrogen-bond acceptors (Lipinski definition) is 3. The van der Waals surface area contributed by atoms with Gasteiger partial charge in [0.1, 0.15) is 0 Å². The van der Waals surface area contributed by atoms with Gasteiger partial charge in [0.25, 0.3) is 0 Å². The fraction of sp³-hybridized carbons (Fsp3) is 0.900. The van der Waals surface area contributed by atoms with Crippen LogP contribution in [0.1, 0.15) is 20.8 Å². The van der Waals surface area contributed by atoms with Gasteiger partial charge in [-0.3, -0.25) is 4.90 Å². The van der Waals surface area contributed by atoms with Gasteiger partial charge in [-0.25, -0.2) is 0 Å². The highest BCUT2D eigenvalue weighted by Crippen LogP contribution is 2.06. The van der Waals surface area contributed by atoms with E-state index in [-0.39, 0.29) is 5.92 Å². The summed E-state index contributed by atoms with van der Waals surface area (Å²) in [6, 6.07) is 3.38. The summed E-state index contributed by atoms with van der Waals surface area (Å²) in [5.74, 6) is 0.150. The fourth-order valence-electron chi connectivity index (χ4n) is 2.02. The number of piperazine rings is 1. The van der Waals surface area contributed by atoms with Crippen molar-refractivity contribution >= 4 is 0 Å². The largest absolute Gasteiger partial charge is 0.309 e. The highest BCUT2D eigenvalue weighted by molar-refractivity contribution is 4.86. The molecular formula is C10H19N3. The predicted octanol–water partition coefficient (Wildman–Crippen LogP) is 0.828. The molecule has 0 amide bonds. The molecule has 0 aromatic heterocycles.